The average molecular weight is 336 g/mol. The maximum Gasteiger partial charge on any atom is 0.445 e. The molecule has 0 N–H and O–H groups in total. The summed E-state index contributed by atoms with van der Waals surface area (Å²) >= 11 is 0. The van der Waals surface area contributed by atoms with E-state index in [-0.39, 0.29) is 6.61 Å². The van der Waals surface area contributed by atoms with Crippen molar-refractivity contribution in [2.24, 2.45) is 0 Å². The van der Waals surface area contributed by atoms with Crippen LogP contribution in [0.25, 0.3) is 0 Å². The first-order valence-electron chi connectivity index (χ1n) is 7.73. The molecule has 1 amide bonds. The molecule has 1 fully saturated rings. The van der Waals surface area contributed by atoms with Crippen LogP contribution in [-0.4, -0.2) is 41.2 Å². The lowest BCUT2D eigenvalue weighted by Gasteiger charge is -2.24. The van der Waals surface area contributed by atoms with Gasteiger partial charge in [-0.05, 0) is 23.6 Å². The minimum atomic E-state index is -1.32. The first-order chi connectivity index (χ1) is 11.6. The Bertz CT molecular complexity index is 571. The first-order valence-corrected chi connectivity index (χ1v) is 7.73. The second-order valence-corrected chi connectivity index (χ2v) is 5.28. The van der Waals surface area contributed by atoms with E-state index in [2.05, 4.69) is 4.84 Å². The molecule has 0 radical (unpaired) electrons. The van der Waals surface area contributed by atoms with Gasteiger partial charge in [0.2, 0.25) is 0 Å². The number of piperidine rings is 1. The average Bonchev–Trinajstić information content (AvgIpc) is 2.59. The Hall–Kier alpha value is -2.45. The number of nitrogens with zero attached hydrogens (tertiary/aromatic N) is 2. The predicted octanol–water partition coefficient (Wildman–Crippen LogP) is 1.37. The number of rotatable bonds is 4. The number of benzene rings is 1. The van der Waals surface area contributed by atoms with E-state index in [1.54, 1.807) is 24.3 Å². The van der Waals surface area contributed by atoms with Crippen molar-refractivity contribution in [2.75, 3.05) is 13.1 Å². The lowest BCUT2D eigenvalue weighted by Crippen LogP contribution is -2.39. The van der Waals surface area contributed by atoms with Gasteiger partial charge < -0.3 is 4.84 Å². The Morgan fingerprint density at radius 1 is 1.04 bits per heavy atom. The summed E-state index contributed by atoms with van der Waals surface area (Å²) in [6.45, 7) is 2.29. The second kappa shape index (κ2) is 8.99. The van der Waals surface area contributed by atoms with Crippen LogP contribution in [-0.2, 0) is 35.5 Å². The Balaban J connectivity index is 1.83. The fourth-order valence-corrected chi connectivity index (χ4v) is 2.11. The van der Waals surface area contributed by atoms with Crippen molar-refractivity contribution in [3.8, 4) is 0 Å². The van der Waals surface area contributed by atoms with Crippen LogP contribution in [0.15, 0.2) is 30.3 Å². The molecule has 0 aromatic heterocycles. The van der Waals surface area contributed by atoms with E-state index < -0.39 is 17.8 Å². The van der Waals surface area contributed by atoms with E-state index in [9.17, 15) is 14.4 Å². The molecule has 1 saturated heterocycles. The third-order valence-corrected chi connectivity index (χ3v) is 3.31. The fourth-order valence-electron chi connectivity index (χ4n) is 2.11. The molecule has 0 unspecified atom stereocenters. The minimum absolute atomic E-state index is 0.00880. The summed E-state index contributed by atoms with van der Waals surface area (Å²) in [6, 6.07) is 9.01. The molecule has 0 aliphatic carbocycles. The highest BCUT2D eigenvalue weighted by atomic mass is 17.0. The van der Waals surface area contributed by atoms with Crippen LogP contribution in [0.5, 0.6) is 0 Å². The summed E-state index contributed by atoms with van der Waals surface area (Å²) in [5, 5.41) is 1.79. The van der Waals surface area contributed by atoms with Crippen LogP contribution < -0.4 is 0 Å². The van der Waals surface area contributed by atoms with Gasteiger partial charge in [0.15, 0.2) is 0 Å². The Labute approximate surface area is 139 Å². The van der Waals surface area contributed by atoms with E-state index in [1.807, 2.05) is 6.07 Å². The topological polar surface area (TPSA) is 85.4 Å². The van der Waals surface area contributed by atoms with Gasteiger partial charge >= 0.3 is 11.9 Å². The molecule has 1 heterocycles. The number of hydrogen-bond donors (Lipinski definition) is 0. The number of carbonyl (C=O) groups excluding carboxylic acids is 3. The number of amides is 1. The standard InChI is InChI=1S/C16H20N2O6/c1-13(19)18(22-12-14-8-4-2-5-9-14)24-16(21)15(20)23-17-10-6-3-7-11-17/h2,4-5,8-9H,3,6-7,10-12H2,1H3. The van der Waals surface area contributed by atoms with Gasteiger partial charge in [-0.15, -0.1) is 5.06 Å². The molecule has 2 rings (SSSR count). The molecular formula is C16H20N2O6. The molecule has 130 valence electrons. The van der Waals surface area contributed by atoms with E-state index in [0.717, 1.165) is 31.7 Å². The smallest absolute Gasteiger partial charge is 0.359 e. The monoisotopic (exact) mass is 336 g/mol. The highest BCUT2D eigenvalue weighted by Crippen LogP contribution is 2.10. The highest BCUT2D eigenvalue weighted by molar-refractivity contribution is 6.29. The Kier molecular flexibility index (Phi) is 6.71. The van der Waals surface area contributed by atoms with Gasteiger partial charge in [-0.2, -0.15) is 0 Å². The van der Waals surface area contributed by atoms with Gasteiger partial charge in [-0.25, -0.2) is 14.4 Å². The van der Waals surface area contributed by atoms with Crippen molar-refractivity contribution in [3.05, 3.63) is 35.9 Å². The summed E-state index contributed by atoms with van der Waals surface area (Å²) in [4.78, 5) is 49.6. The lowest BCUT2D eigenvalue weighted by molar-refractivity contribution is -0.327. The Morgan fingerprint density at radius 3 is 2.33 bits per heavy atom. The quantitative estimate of drug-likeness (QED) is 0.606. The maximum absolute atomic E-state index is 11.7. The first kappa shape index (κ1) is 17.9. The van der Waals surface area contributed by atoms with Crippen LogP contribution in [0.1, 0.15) is 31.7 Å². The lowest BCUT2D eigenvalue weighted by atomic mass is 10.2. The van der Waals surface area contributed by atoms with Crippen molar-refractivity contribution < 1.29 is 28.9 Å². The van der Waals surface area contributed by atoms with Crippen LogP contribution in [0.3, 0.4) is 0 Å². The van der Waals surface area contributed by atoms with Crippen molar-refractivity contribution in [2.45, 2.75) is 32.8 Å². The zero-order valence-electron chi connectivity index (χ0n) is 13.5. The molecular weight excluding hydrogens is 316 g/mol. The van der Waals surface area contributed by atoms with Crippen LogP contribution in [0, 0.1) is 0 Å². The maximum atomic E-state index is 11.7. The molecule has 8 nitrogen and oxygen atoms in total. The van der Waals surface area contributed by atoms with Crippen LogP contribution in [0.4, 0.5) is 0 Å². The van der Waals surface area contributed by atoms with Gasteiger partial charge in [0, 0.05) is 20.0 Å². The van der Waals surface area contributed by atoms with Gasteiger partial charge in [0.25, 0.3) is 5.91 Å². The summed E-state index contributed by atoms with van der Waals surface area (Å²) < 4.78 is 0. The molecule has 8 heteroatoms. The zero-order chi connectivity index (χ0) is 17.4. The molecule has 0 atom stereocenters. The summed E-state index contributed by atoms with van der Waals surface area (Å²) in [5.41, 5.74) is 0.774. The number of carbonyl (C=O) groups is 3. The van der Waals surface area contributed by atoms with Gasteiger partial charge in [0.1, 0.15) is 6.61 Å². The third-order valence-electron chi connectivity index (χ3n) is 3.31. The van der Waals surface area contributed by atoms with Gasteiger partial charge in [-0.3, -0.25) is 9.63 Å². The van der Waals surface area contributed by atoms with E-state index in [1.165, 1.54) is 5.06 Å². The van der Waals surface area contributed by atoms with Crippen LogP contribution in [0.2, 0.25) is 0 Å². The summed E-state index contributed by atoms with van der Waals surface area (Å²) in [6.07, 6.45) is 2.84. The molecule has 0 saturated carbocycles. The van der Waals surface area contributed by atoms with Gasteiger partial charge in [-0.1, -0.05) is 36.8 Å². The summed E-state index contributed by atoms with van der Waals surface area (Å²) in [5.74, 6) is -3.18. The predicted molar refractivity (Wildman–Crippen MR) is 81.4 cm³/mol. The van der Waals surface area contributed by atoms with E-state index >= 15 is 0 Å². The van der Waals surface area contributed by atoms with E-state index in [4.69, 9.17) is 9.68 Å². The van der Waals surface area contributed by atoms with Crippen molar-refractivity contribution in [3.63, 3.8) is 0 Å². The van der Waals surface area contributed by atoms with Crippen molar-refractivity contribution in [1.82, 2.24) is 10.3 Å². The molecule has 0 bridgehead atoms. The fraction of sp³-hybridized carbons (Fsp3) is 0.438. The minimum Gasteiger partial charge on any atom is -0.359 e. The van der Waals surface area contributed by atoms with Gasteiger partial charge in [0.05, 0.1) is 0 Å². The SMILES string of the molecule is CC(=O)N(OCc1ccccc1)OC(=O)C(=O)ON1CCCCC1. The zero-order valence-corrected chi connectivity index (χ0v) is 13.5. The second-order valence-electron chi connectivity index (χ2n) is 5.28. The molecule has 1 aliphatic rings. The van der Waals surface area contributed by atoms with Crippen LogP contribution >= 0.6 is 0 Å². The number of hydrogen-bond acceptors (Lipinski definition) is 7. The molecule has 1 aromatic rings. The molecule has 1 aliphatic heterocycles. The normalized spacial score (nSPS) is 14.7. The molecule has 24 heavy (non-hydrogen) atoms. The summed E-state index contributed by atoms with van der Waals surface area (Å²) in [7, 11) is 0. The Morgan fingerprint density at radius 2 is 1.71 bits per heavy atom. The highest BCUT2D eigenvalue weighted by Gasteiger charge is 2.27. The number of hydroxylamine groups is 4. The van der Waals surface area contributed by atoms with Crippen molar-refractivity contribution in [1.29, 1.82) is 0 Å². The molecule has 0 spiro atoms. The van der Waals surface area contributed by atoms with Crippen molar-refractivity contribution >= 4 is 17.8 Å². The molecule has 1 aromatic carbocycles. The third kappa shape index (κ3) is 5.64. The largest absolute Gasteiger partial charge is 0.445 e. The van der Waals surface area contributed by atoms with E-state index in [0.29, 0.717) is 18.3 Å².